The highest BCUT2D eigenvalue weighted by Crippen LogP contribution is 2.23. The van der Waals surface area contributed by atoms with Crippen molar-refractivity contribution < 1.29 is 4.74 Å². The standard InChI is InChI=1S/C17H27Cl2NO/c1-4-7-17(21-6-3)16(20-10-5-2)12-13-11-14(18)8-9-15(13)19/h8-9,11,16-17,20H,4-7,10,12H2,1-3H3. The predicted molar refractivity (Wildman–Crippen MR) is 92.6 cm³/mol. The maximum absolute atomic E-state index is 6.31. The van der Waals surface area contributed by atoms with Crippen molar-refractivity contribution in [1.29, 1.82) is 0 Å². The van der Waals surface area contributed by atoms with Gasteiger partial charge in [-0.05, 0) is 56.5 Å². The number of benzene rings is 1. The second-order valence-electron chi connectivity index (χ2n) is 5.28. The van der Waals surface area contributed by atoms with Gasteiger partial charge in [-0.15, -0.1) is 0 Å². The molecule has 0 heterocycles. The van der Waals surface area contributed by atoms with Gasteiger partial charge in [-0.3, -0.25) is 0 Å². The van der Waals surface area contributed by atoms with E-state index in [9.17, 15) is 0 Å². The molecule has 0 bridgehead atoms. The van der Waals surface area contributed by atoms with Gasteiger partial charge in [0.05, 0.1) is 6.10 Å². The number of hydrogen-bond acceptors (Lipinski definition) is 2. The molecule has 0 aliphatic rings. The summed E-state index contributed by atoms with van der Waals surface area (Å²) in [6.07, 6.45) is 4.31. The van der Waals surface area contributed by atoms with E-state index in [-0.39, 0.29) is 12.1 Å². The summed E-state index contributed by atoms with van der Waals surface area (Å²) < 4.78 is 5.95. The third-order valence-electron chi connectivity index (χ3n) is 3.51. The minimum absolute atomic E-state index is 0.210. The molecule has 2 atom stereocenters. The fourth-order valence-electron chi connectivity index (χ4n) is 2.50. The third-order valence-corrected chi connectivity index (χ3v) is 4.11. The van der Waals surface area contributed by atoms with Crippen molar-refractivity contribution >= 4 is 23.2 Å². The zero-order chi connectivity index (χ0) is 15.7. The lowest BCUT2D eigenvalue weighted by Gasteiger charge is -2.28. The summed E-state index contributed by atoms with van der Waals surface area (Å²) in [6, 6.07) is 5.92. The fourth-order valence-corrected chi connectivity index (χ4v) is 2.89. The Labute approximate surface area is 139 Å². The van der Waals surface area contributed by atoms with Gasteiger partial charge < -0.3 is 10.1 Å². The van der Waals surface area contributed by atoms with Crippen molar-refractivity contribution in [2.45, 2.75) is 58.6 Å². The molecule has 1 rings (SSSR count). The van der Waals surface area contributed by atoms with Gasteiger partial charge in [-0.1, -0.05) is 43.5 Å². The van der Waals surface area contributed by atoms with Crippen LogP contribution in [0.4, 0.5) is 0 Å². The van der Waals surface area contributed by atoms with Crippen LogP contribution in [0.15, 0.2) is 18.2 Å². The summed E-state index contributed by atoms with van der Waals surface area (Å²) >= 11 is 12.4. The maximum atomic E-state index is 6.31. The van der Waals surface area contributed by atoms with Gasteiger partial charge in [-0.2, -0.15) is 0 Å². The second-order valence-corrected chi connectivity index (χ2v) is 6.13. The van der Waals surface area contributed by atoms with Gasteiger partial charge in [0.15, 0.2) is 0 Å². The SMILES string of the molecule is CCCNC(Cc1cc(Cl)ccc1Cl)C(CCC)OCC. The minimum Gasteiger partial charge on any atom is -0.377 e. The van der Waals surface area contributed by atoms with E-state index in [1.54, 1.807) is 0 Å². The molecule has 0 saturated carbocycles. The molecule has 2 unspecified atom stereocenters. The van der Waals surface area contributed by atoms with E-state index >= 15 is 0 Å². The maximum Gasteiger partial charge on any atom is 0.0731 e. The van der Waals surface area contributed by atoms with Crippen molar-refractivity contribution in [2.24, 2.45) is 0 Å². The molecular weight excluding hydrogens is 305 g/mol. The van der Waals surface area contributed by atoms with Gasteiger partial charge in [0, 0.05) is 22.7 Å². The minimum atomic E-state index is 0.210. The first kappa shape index (κ1) is 18.8. The van der Waals surface area contributed by atoms with Crippen LogP contribution in [0.25, 0.3) is 0 Å². The molecule has 0 aromatic heterocycles. The van der Waals surface area contributed by atoms with E-state index in [1.165, 1.54) is 0 Å². The Morgan fingerprint density at radius 1 is 1.14 bits per heavy atom. The quantitative estimate of drug-likeness (QED) is 0.643. The van der Waals surface area contributed by atoms with Crippen LogP contribution in [0.3, 0.4) is 0 Å². The van der Waals surface area contributed by atoms with E-state index in [4.69, 9.17) is 27.9 Å². The highest BCUT2D eigenvalue weighted by atomic mass is 35.5. The van der Waals surface area contributed by atoms with Gasteiger partial charge in [0.25, 0.3) is 0 Å². The molecule has 2 nitrogen and oxygen atoms in total. The van der Waals surface area contributed by atoms with Gasteiger partial charge >= 0.3 is 0 Å². The molecule has 0 saturated heterocycles. The van der Waals surface area contributed by atoms with Crippen LogP contribution in [0.1, 0.15) is 45.6 Å². The first-order valence-electron chi connectivity index (χ1n) is 7.91. The molecule has 1 aromatic carbocycles. The molecule has 0 aliphatic heterocycles. The first-order valence-corrected chi connectivity index (χ1v) is 8.66. The molecule has 4 heteroatoms. The topological polar surface area (TPSA) is 21.3 Å². The molecule has 0 spiro atoms. The average molecular weight is 332 g/mol. The van der Waals surface area contributed by atoms with E-state index < -0.39 is 0 Å². The van der Waals surface area contributed by atoms with Crippen LogP contribution in [0, 0.1) is 0 Å². The van der Waals surface area contributed by atoms with Crippen LogP contribution in [-0.4, -0.2) is 25.3 Å². The molecule has 1 aromatic rings. The zero-order valence-electron chi connectivity index (χ0n) is 13.3. The summed E-state index contributed by atoms with van der Waals surface area (Å²) in [7, 11) is 0. The number of nitrogens with one attached hydrogen (secondary N) is 1. The van der Waals surface area contributed by atoms with Gasteiger partial charge in [0.2, 0.25) is 0 Å². The number of hydrogen-bond donors (Lipinski definition) is 1. The summed E-state index contributed by atoms with van der Waals surface area (Å²) in [6.45, 7) is 8.13. The van der Waals surface area contributed by atoms with E-state index in [2.05, 4.69) is 19.2 Å². The number of halogens is 2. The molecule has 0 amide bonds. The van der Waals surface area contributed by atoms with Crippen molar-refractivity contribution in [2.75, 3.05) is 13.2 Å². The van der Waals surface area contributed by atoms with E-state index in [0.717, 1.165) is 54.4 Å². The summed E-state index contributed by atoms with van der Waals surface area (Å²) in [5.74, 6) is 0. The molecular formula is C17H27Cl2NO. The largest absolute Gasteiger partial charge is 0.377 e. The van der Waals surface area contributed by atoms with Crippen molar-refractivity contribution in [1.82, 2.24) is 5.32 Å². The van der Waals surface area contributed by atoms with E-state index in [0.29, 0.717) is 0 Å². The Morgan fingerprint density at radius 3 is 2.52 bits per heavy atom. The lowest BCUT2D eigenvalue weighted by atomic mass is 9.98. The average Bonchev–Trinajstić information content (AvgIpc) is 2.47. The molecule has 120 valence electrons. The van der Waals surface area contributed by atoms with Crippen molar-refractivity contribution in [3.05, 3.63) is 33.8 Å². The van der Waals surface area contributed by atoms with Crippen LogP contribution in [-0.2, 0) is 11.2 Å². The van der Waals surface area contributed by atoms with Crippen molar-refractivity contribution in [3.8, 4) is 0 Å². The number of ether oxygens (including phenoxy) is 1. The van der Waals surface area contributed by atoms with Crippen LogP contribution >= 0.6 is 23.2 Å². The highest BCUT2D eigenvalue weighted by Gasteiger charge is 2.22. The fraction of sp³-hybridized carbons (Fsp3) is 0.647. The molecule has 0 fully saturated rings. The predicted octanol–water partition coefficient (Wildman–Crippen LogP) is 5.11. The highest BCUT2D eigenvalue weighted by molar-refractivity contribution is 6.33. The first-order chi connectivity index (χ1) is 10.1. The monoisotopic (exact) mass is 331 g/mol. The summed E-state index contributed by atoms with van der Waals surface area (Å²) in [5, 5.41) is 5.11. The lowest BCUT2D eigenvalue weighted by Crippen LogP contribution is -2.43. The summed E-state index contributed by atoms with van der Waals surface area (Å²) in [4.78, 5) is 0. The third kappa shape index (κ3) is 6.56. The lowest BCUT2D eigenvalue weighted by molar-refractivity contribution is 0.0282. The number of rotatable bonds is 10. The van der Waals surface area contributed by atoms with Crippen LogP contribution in [0.2, 0.25) is 10.0 Å². The summed E-state index contributed by atoms with van der Waals surface area (Å²) in [5.41, 5.74) is 1.08. The molecule has 0 radical (unpaired) electrons. The van der Waals surface area contributed by atoms with E-state index in [1.807, 2.05) is 25.1 Å². The Bertz CT molecular complexity index is 406. The van der Waals surface area contributed by atoms with Crippen molar-refractivity contribution in [3.63, 3.8) is 0 Å². The zero-order valence-corrected chi connectivity index (χ0v) is 14.8. The Balaban J connectivity index is 2.86. The second kappa shape index (κ2) is 10.4. The Hall–Kier alpha value is -0.280. The Kier molecular flexibility index (Phi) is 9.34. The van der Waals surface area contributed by atoms with Crippen LogP contribution in [0.5, 0.6) is 0 Å². The van der Waals surface area contributed by atoms with Crippen LogP contribution < -0.4 is 5.32 Å². The molecule has 0 aliphatic carbocycles. The van der Waals surface area contributed by atoms with Gasteiger partial charge in [-0.25, -0.2) is 0 Å². The smallest absolute Gasteiger partial charge is 0.0731 e. The molecule has 1 N–H and O–H groups in total. The normalized spacial score (nSPS) is 14.1. The van der Waals surface area contributed by atoms with Gasteiger partial charge in [0.1, 0.15) is 0 Å². The Morgan fingerprint density at radius 2 is 1.90 bits per heavy atom. The molecule has 21 heavy (non-hydrogen) atoms.